The van der Waals surface area contributed by atoms with Crippen LogP contribution < -0.4 is 16.8 Å². The molecule has 1 fully saturated rings. The maximum atomic E-state index is 12.4. The van der Waals surface area contributed by atoms with Crippen LogP contribution in [0.25, 0.3) is 0 Å². The number of nitrogens with two attached hydrogens (primary N) is 2. The zero-order valence-corrected chi connectivity index (χ0v) is 16.6. The summed E-state index contributed by atoms with van der Waals surface area (Å²) >= 11 is 0. The molecule has 0 saturated carbocycles. The summed E-state index contributed by atoms with van der Waals surface area (Å²) in [6.07, 6.45) is 1.62. The molecule has 6 nitrogen and oxygen atoms in total. The molecule has 0 spiro atoms. The van der Waals surface area contributed by atoms with Crippen LogP contribution in [0.3, 0.4) is 0 Å². The molecule has 1 saturated heterocycles. The van der Waals surface area contributed by atoms with Gasteiger partial charge in [0.2, 0.25) is 5.91 Å². The quantitative estimate of drug-likeness (QED) is 0.690. The average molecular weight is 403 g/mol. The van der Waals surface area contributed by atoms with Gasteiger partial charge in [-0.05, 0) is 61.3 Å². The summed E-state index contributed by atoms with van der Waals surface area (Å²) < 4.78 is 0. The summed E-state index contributed by atoms with van der Waals surface area (Å²) in [5.74, 6) is -0.339. The van der Waals surface area contributed by atoms with Gasteiger partial charge in [-0.3, -0.25) is 14.5 Å². The van der Waals surface area contributed by atoms with Gasteiger partial charge in [-0.2, -0.15) is 0 Å². The van der Waals surface area contributed by atoms with Crippen molar-refractivity contribution in [2.24, 2.45) is 17.4 Å². The molecule has 1 aliphatic rings. The molecule has 1 aliphatic heterocycles. The van der Waals surface area contributed by atoms with Gasteiger partial charge in [0.05, 0.1) is 0 Å². The molecular formula is C21H27ClN4O2. The highest BCUT2D eigenvalue weighted by atomic mass is 35.5. The minimum Gasteiger partial charge on any atom is -0.369 e. The van der Waals surface area contributed by atoms with Crippen molar-refractivity contribution in [1.82, 2.24) is 4.90 Å². The maximum absolute atomic E-state index is 12.4. The molecule has 0 aromatic heterocycles. The number of carbonyl (C=O) groups excluding carboxylic acids is 2. The van der Waals surface area contributed by atoms with Gasteiger partial charge in [0.25, 0.3) is 5.91 Å². The van der Waals surface area contributed by atoms with Gasteiger partial charge in [-0.1, -0.05) is 24.3 Å². The monoisotopic (exact) mass is 402 g/mol. The minimum atomic E-state index is -0.196. The van der Waals surface area contributed by atoms with Crippen molar-refractivity contribution in [1.29, 1.82) is 0 Å². The number of hydrogen-bond acceptors (Lipinski definition) is 4. The van der Waals surface area contributed by atoms with Crippen LogP contribution in [0.1, 0.15) is 34.3 Å². The zero-order chi connectivity index (χ0) is 19.2. The Bertz CT molecular complexity index is 802. The molecule has 3 rings (SSSR count). The van der Waals surface area contributed by atoms with E-state index < -0.39 is 0 Å². The highest BCUT2D eigenvalue weighted by molar-refractivity contribution is 6.04. The lowest BCUT2D eigenvalue weighted by molar-refractivity contribution is -0.123. The predicted octanol–water partition coefficient (Wildman–Crippen LogP) is 2.52. The lowest BCUT2D eigenvalue weighted by atomic mass is 9.96. The molecule has 0 unspecified atom stereocenters. The second kappa shape index (κ2) is 10.2. The number of rotatable bonds is 6. The lowest BCUT2D eigenvalue weighted by Crippen LogP contribution is -2.38. The third-order valence-electron chi connectivity index (χ3n) is 5.03. The molecular weight excluding hydrogens is 376 g/mol. The number of nitrogens with one attached hydrogen (secondary N) is 1. The lowest BCUT2D eigenvalue weighted by Gasteiger charge is -2.30. The average Bonchev–Trinajstić information content (AvgIpc) is 2.68. The Morgan fingerprint density at radius 2 is 1.71 bits per heavy atom. The van der Waals surface area contributed by atoms with Crippen molar-refractivity contribution < 1.29 is 9.59 Å². The van der Waals surface area contributed by atoms with E-state index in [-0.39, 0.29) is 30.1 Å². The van der Waals surface area contributed by atoms with E-state index in [1.807, 2.05) is 36.4 Å². The number of carbonyl (C=O) groups is 2. The summed E-state index contributed by atoms with van der Waals surface area (Å²) in [5, 5.41) is 2.95. The Labute approximate surface area is 171 Å². The third kappa shape index (κ3) is 5.79. The number of halogens is 1. The van der Waals surface area contributed by atoms with Gasteiger partial charge in [-0.25, -0.2) is 0 Å². The highest BCUT2D eigenvalue weighted by Crippen LogP contribution is 2.20. The van der Waals surface area contributed by atoms with Crippen molar-refractivity contribution >= 4 is 29.9 Å². The molecule has 0 radical (unpaired) electrons. The zero-order valence-electron chi connectivity index (χ0n) is 15.8. The molecule has 0 aliphatic carbocycles. The number of anilines is 1. The fourth-order valence-electron chi connectivity index (χ4n) is 3.38. The van der Waals surface area contributed by atoms with Crippen LogP contribution in [-0.4, -0.2) is 29.8 Å². The maximum Gasteiger partial charge on any atom is 0.255 e. The first kappa shape index (κ1) is 21.9. The molecule has 1 heterocycles. The molecule has 2 amide bonds. The van der Waals surface area contributed by atoms with Crippen LogP contribution in [0.15, 0.2) is 48.5 Å². The number of amides is 2. The third-order valence-corrected chi connectivity index (χ3v) is 5.03. The number of hydrogen-bond donors (Lipinski definition) is 3. The van der Waals surface area contributed by atoms with E-state index in [9.17, 15) is 9.59 Å². The number of nitrogens with zero attached hydrogens (tertiary/aromatic N) is 1. The molecule has 28 heavy (non-hydrogen) atoms. The van der Waals surface area contributed by atoms with E-state index in [1.165, 1.54) is 0 Å². The van der Waals surface area contributed by atoms with Crippen molar-refractivity contribution in [3.63, 3.8) is 0 Å². The first-order valence-corrected chi connectivity index (χ1v) is 9.26. The van der Waals surface area contributed by atoms with E-state index in [4.69, 9.17) is 11.5 Å². The second-order valence-corrected chi connectivity index (χ2v) is 7.01. The Morgan fingerprint density at radius 3 is 2.32 bits per heavy atom. The van der Waals surface area contributed by atoms with Crippen molar-refractivity contribution in [2.45, 2.75) is 25.9 Å². The van der Waals surface area contributed by atoms with Crippen LogP contribution in [0.5, 0.6) is 0 Å². The summed E-state index contributed by atoms with van der Waals surface area (Å²) in [6.45, 7) is 2.97. The van der Waals surface area contributed by atoms with Gasteiger partial charge < -0.3 is 16.8 Å². The summed E-state index contributed by atoms with van der Waals surface area (Å²) in [5.41, 5.74) is 14.5. The molecule has 2 aromatic carbocycles. The van der Waals surface area contributed by atoms with E-state index in [0.29, 0.717) is 12.1 Å². The Hall–Kier alpha value is -2.41. The van der Waals surface area contributed by atoms with Crippen molar-refractivity contribution in [3.8, 4) is 0 Å². The van der Waals surface area contributed by atoms with Gasteiger partial charge in [0.15, 0.2) is 0 Å². The van der Waals surface area contributed by atoms with Gasteiger partial charge in [0.1, 0.15) is 0 Å². The van der Waals surface area contributed by atoms with Crippen LogP contribution >= 0.6 is 12.4 Å². The molecule has 2 aromatic rings. The van der Waals surface area contributed by atoms with E-state index in [1.54, 1.807) is 12.1 Å². The van der Waals surface area contributed by atoms with Crippen molar-refractivity contribution in [2.75, 3.05) is 18.4 Å². The topological polar surface area (TPSA) is 101 Å². The van der Waals surface area contributed by atoms with Crippen LogP contribution in [0.4, 0.5) is 5.69 Å². The standard InChI is InChI=1S/C21H26N4O2.ClH/c22-13-15-4-6-18(7-5-15)21(27)24-19-3-1-2-16(12-19)14-25-10-8-17(9-11-25)20(23)26;/h1-7,12,17H,8-11,13-14,22H2,(H2,23,26)(H,24,27);1H. The summed E-state index contributed by atoms with van der Waals surface area (Å²) in [7, 11) is 0. The predicted molar refractivity (Wildman–Crippen MR) is 113 cm³/mol. The molecule has 7 heteroatoms. The molecule has 150 valence electrons. The van der Waals surface area contributed by atoms with E-state index in [2.05, 4.69) is 10.2 Å². The molecule has 5 N–H and O–H groups in total. The number of primary amides is 1. The molecule has 0 bridgehead atoms. The van der Waals surface area contributed by atoms with E-state index >= 15 is 0 Å². The first-order valence-electron chi connectivity index (χ1n) is 9.26. The van der Waals surface area contributed by atoms with E-state index in [0.717, 1.165) is 49.3 Å². The van der Waals surface area contributed by atoms with Gasteiger partial charge in [0, 0.05) is 30.3 Å². The minimum absolute atomic E-state index is 0. The second-order valence-electron chi connectivity index (χ2n) is 7.01. The van der Waals surface area contributed by atoms with Gasteiger partial charge in [-0.15, -0.1) is 12.4 Å². The normalized spacial score (nSPS) is 14.9. The van der Waals surface area contributed by atoms with Gasteiger partial charge >= 0.3 is 0 Å². The molecule has 0 atom stereocenters. The Kier molecular flexibility index (Phi) is 7.99. The van der Waals surface area contributed by atoms with Crippen LogP contribution in [0, 0.1) is 5.92 Å². The number of likely N-dealkylation sites (tertiary alicyclic amines) is 1. The Balaban J connectivity index is 0.00000280. The summed E-state index contributed by atoms with van der Waals surface area (Å²) in [4.78, 5) is 26.0. The largest absolute Gasteiger partial charge is 0.369 e. The van der Waals surface area contributed by atoms with Crippen LogP contribution in [0.2, 0.25) is 0 Å². The fourth-order valence-corrected chi connectivity index (χ4v) is 3.38. The SMILES string of the molecule is Cl.NCc1ccc(C(=O)Nc2cccc(CN3CCC(C(N)=O)CC3)c2)cc1. The van der Waals surface area contributed by atoms with Crippen molar-refractivity contribution in [3.05, 3.63) is 65.2 Å². The Morgan fingerprint density at radius 1 is 1.04 bits per heavy atom. The summed E-state index contributed by atoms with van der Waals surface area (Å²) in [6, 6.07) is 15.2. The van der Waals surface area contributed by atoms with Crippen LogP contribution in [-0.2, 0) is 17.9 Å². The first-order chi connectivity index (χ1) is 13.0. The number of piperidine rings is 1. The highest BCUT2D eigenvalue weighted by Gasteiger charge is 2.23. The number of benzene rings is 2. The smallest absolute Gasteiger partial charge is 0.255 e. The fraction of sp³-hybridized carbons (Fsp3) is 0.333.